The van der Waals surface area contributed by atoms with Crippen LogP contribution in [-0.4, -0.2) is 57.8 Å². The number of hydrogen-bond acceptors (Lipinski definition) is 4. The standard InChI is InChI=1S/C17H26N2O4S/c1-5-10-19(12-13-6-7-13)17(20)14-8-9-15(23-4)16(11-14)24(21,22)18(2)3/h8-9,11,13H,5-7,10,12H2,1-4H3. The molecule has 1 saturated carbocycles. The normalized spacial score (nSPS) is 14.7. The van der Waals surface area contributed by atoms with Gasteiger partial charge in [0, 0.05) is 32.7 Å². The van der Waals surface area contributed by atoms with Gasteiger partial charge in [0.2, 0.25) is 10.0 Å². The number of sulfonamides is 1. The Kier molecular flexibility index (Phi) is 5.87. The van der Waals surface area contributed by atoms with Gasteiger partial charge in [-0.2, -0.15) is 0 Å². The minimum Gasteiger partial charge on any atom is -0.495 e. The second kappa shape index (κ2) is 7.53. The molecule has 0 bridgehead atoms. The van der Waals surface area contributed by atoms with Crippen LogP contribution in [0.4, 0.5) is 0 Å². The van der Waals surface area contributed by atoms with Crippen LogP contribution in [0.5, 0.6) is 5.75 Å². The van der Waals surface area contributed by atoms with E-state index >= 15 is 0 Å². The molecule has 1 amide bonds. The predicted octanol–water partition coefficient (Wildman–Crippen LogP) is 2.21. The van der Waals surface area contributed by atoms with Crippen molar-refractivity contribution < 1.29 is 17.9 Å². The van der Waals surface area contributed by atoms with Crippen molar-refractivity contribution in [1.29, 1.82) is 0 Å². The van der Waals surface area contributed by atoms with Gasteiger partial charge in [-0.15, -0.1) is 0 Å². The summed E-state index contributed by atoms with van der Waals surface area (Å²) >= 11 is 0. The molecule has 1 aliphatic rings. The highest BCUT2D eigenvalue weighted by Gasteiger charge is 2.28. The first-order chi connectivity index (χ1) is 11.3. The Balaban J connectivity index is 2.37. The molecule has 1 aliphatic carbocycles. The van der Waals surface area contributed by atoms with Gasteiger partial charge in [0.05, 0.1) is 7.11 Å². The summed E-state index contributed by atoms with van der Waals surface area (Å²) < 4.78 is 31.3. The van der Waals surface area contributed by atoms with E-state index in [1.165, 1.54) is 27.3 Å². The van der Waals surface area contributed by atoms with E-state index in [0.717, 1.165) is 30.1 Å². The van der Waals surface area contributed by atoms with Crippen molar-refractivity contribution in [2.45, 2.75) is 31.1 Å². The minimum atomic E-state index is -3.69. The van der Waals surface area contributed by atoms with Crippen molar-refractivity contribution >= 4 is 15.9 Å². The number of nitrogens with zero attached hydrogens (tertiary/aromatic N) is 2. The third-order valence-electron chi connectivity index (χ3n) is 4.13. The number of carbonyl (C=O) groups excluding carboxylic acids is 1. The molecule has 2 rings (SSSR count). The van der Waals surface area contributed by atoms with E-state index in [4.69, 9.17) is 4.74 Å². The van der Waals surface area contributed by atoms with Gasteiger partial charge in [0.1, 0.15) is 10.6 Å². The first kappa shape index (κ1) is 18.7. The zero-order valence-electron chi connectivity index (χ0n) is 14.8. The monoisotopic (exact) mass is 354 g/mol. The molecule has 0 heterocycles. The quantitative estimate of drug-likeness (QED) is 0.718. The van der Waals surface area contributed by atoms with E-state index in [1.807, 2.05) is 11.8 Å². The fraction of sp³-hybridized carbons (Fsp3) is 0.588. The highest BCUT2D eigenvalue weighted by molar-refractivity contribution is 7.89. The van der Waals surface area contributed by atoms with Gasteiger partial charge in [-0.1, -0.05) is 6.92 Å². The van der Waals surface area contributed by atoms with E-state index in [1.54, 1.807) is 12.1 Å². The molecule has 24 heavy (non-hydrogen) atoms. The Morgan fingerprint density at radius 3 is 2.46 bits per heavy atom. The molecule has 0 aromatic heterocycles. The SMILES string of the molecule is CCCN(CC1CC1)C(=O)c1ccc(OC)c(S(=O)(=O)N(C)C)c1. The molecule has 0 unspecified atom stereocenters. The van der Waals surface area contributed by atoms with E-state index in [9.17, 15) is 13.2 Å². The smallest absolute Gasteiger partial charge is 0.253 e. The Bertz CT molecular complexity index is 697. The van der Waals surface area contributed by atoms with Crippen LogP contribution >= 0.6 is 0 Å². The molecule has 134 valence electrons. The lowest BCUT2D eigenvalue weighted by Gasteiger charge is -2.23. The summed E-state index contributed by atoms with van der Waals surface area (Å²) in [5.74, 6) is 0.704. The van der Waals surface area contributed by atoms with Crippen LogP contribution in [0.2, 0.25) is 0 Å². The van der Waals surface area contributed by atoms with Crippen molar-refractivity contribution in [3.8, 4) is 5.75 Å². The Labute approximate surface area is 144 Å². The number of benzene rings is 1. The molecule has 0 saturated heterocycles. The molecular formula is C17H26N2O4S. The summed E-state index contributed by atoms with van der Waals surface area (Å²) in [4.78, 5) is 14.7. The van der Waals surface area contributed by atoms with Gasteiger partial charge in [-0.25, -0.2) is 12.7 Å². The van der Waals surface area contributed by atoms with E-state index in [-0.39, 0.29) is 16.6 Å². The first-order valence-electron chi connectivity index (χ1n) is 8.21. The lowest BCUT2D eigenvalue weighted by Crippen LogP contribution is -2.34. The van der Waals surface area contributed by atoms with Gasteiger partial charge in [-0.05, 0) is 43.4 Å². The fourth-order valence-electron chi connectivity index (χ4n) is 2.55. The fourth-order valence-corrected chi connectivity index (χ4v) is 3.62. The largest absolute Gasteiger partial charge is 0.495 e. The van der Waals surface area contributed by atoms with Crippen LogP contribution < -0.4 is 4.74 Å². The summed E-state index contributed by atoms with van der Waals surface area (Å²) in [7, 11) is 0.648. The Hall–Kier alpha value is -1.60. The second-order valence-corrected chi connectivity index (χ2v) is 8.47. The van der Waals surface area contributed by atoms with E-state index < -0.39 is 10.0 Å². The van der Waals surface area contributed by atoms with Crippen molar-refractivity contribution in [1.82, 2.24) is 9.21 Å². The van der Waals surface area contributed by atoms with Crippen LogP contribution in [-0.2, 0) is 10.0 Å². The Morgan fingerprint density at radius 2 is 1.96 bits per heavy atom. The van der Waals surface area contributed by atoms with Crippen LogP contribution in [0.15, 0.2) is 23.1 Å². The zero-order valence-corrected chi connectivity index (χ0v) is 15.6. The summed E-state index contributed by atoms with van der Waals surface area (Å²) in [6.45, 7) is 3.45. The number of amides is 1. The van der Waals surface area contributed by atoms with Gasteiger partial charge in [-0.3, -0.25) is 4.79 Å². The van der Waals surface area contributed by atoms with Crippen molar-refractivity contribution in [2.75, 3.05) is 34.3 Å². The molecule has 1 aromatic carbocycles. The van der Waals surface area contributed by atoms with Crippen molar-refractivity contribution in [2.24, 2.45) is 5.92 Å². The topological polar surface area (TPSA) is 66.9 Å². The highest BCUT2D eigenvalue weighted by atomic mass is 32.2. The summed E-state index contributed by atoms with van der Waals surface area (Å²) in [6.07, 6.45) is 3.20. The van der Waals surface area contributed by atoms with Gasteiger partial charge >= 0.3 is 0 Å². The molecule has 0 N–H and O–H groups in total. The van der Waals surface area contributed by atoms with Crippen LogP contribution in [0.3, 0.4) is 0 Å². The van der Waals surface area contributed by atoms with E-state index in [0.29, 0.717) is 18.0 Å². The maximum atomic E-state index is 12.8. The molecule has 6 nitrogen and oxygen atoms in total. The number of methoxy groups -OCH3 is 1. The molecule has 7 heteroatoms. The maximum Gasteiger partial charge on any atom is 0.253 e. The molecule has 0 spiro atoms. The maximum absolute atomic E-state index is 12.8. The van der Waals surface area contributed by atoms with Gasteiger partial charge in [0.15, 0.2) is 0 Å². The number of hydrogen-bond donors (Lipinski definition) is 0. The van der Waals surface area contributed by atoms with Crippen LogP contribution in [0, 0.1) is 5.92 Å². The number of rotatable bonds is 8. The molecule has 1 fully saturated rings. The molecule has 0 radical (unpaired) electrons. The average molecular weight is 354 g/mol. The minimum absolute atomic E-state index is 0.0173. The predicted molar refractivity (Wildman–Crippen MR) is 92.8 cm³/mol. The lowest BCUT2D eigenvalue weighted by atomic mass is 10.1. The number of carbonyl (C=O) groups is 1. The Morgan fingerprint density at radius 1 is 1.29 bits per heavy atom. The third-order valence-corrected chi connectivity index (χ3v) is 5.96. The average Bonchev–Trinajstić information content (AvgIpc) is 3.37. The molecular weight excluding hydrogens is 328 g/mol. The summed E-state index contributed by atoms with van der Waals surface area (Å²) in [5.41, 5.74) is 0.380. The van der Waals surface area contributed by atoms with Gasteiger partial charge < -0.3 is 9.64 Å². The lowest BCUT2D eigenvalue weighted by molar-refractivity contribution is 0.0747. The van der Waals surface area contributed by atoms with E-state index in [2.05, 4.69) is 0 Å². The molecule has 1 aromatic rings. The van der Waals surface area contributed by atoms with Crippen LogP contribution in [0.25, 0.3) is 0 Å². The van der Waals surface area contributed by atoms with Crippen LogP contribution in [0.1, 0.15) is 36.5 Å². The van der Waals surface area contributed by atoms with Gasteiger partial charge in [0.25, 0.3) is 5.91 Å². The number of ether oxygens (including phenoxy) is 1. The first-order valence-corrected chi connectivity index (χ1v) is 9.65. The molecule has 0 atom stereocenters. The third kappa shape index (κ3) is 4.08. The highest BCUT2D eigenvalue weighted by Crippen LogP contribution is 2.31. The molecule has 0 aliphatic heterocycles. The van der Waals surface area contributed by atoms with Crippen molar-refractivity contribution in [3.63, 3.8) is 0 Å². The second-order valence-electron chi connectivity index (χ2n) is 6.35. The zero-order chi connectivity index (χ0) is 17.9. The summed E-state index contributed by atoms with van der Waals surface area (Å²) in [5, 5.41) is 0. The summed E-state index contributed by atoms with van der Waals surface area (Å²) in [6, 6.07) is 4.60. The van der Waals surface area contributed by atoms with Crippen molar-refractivity contribution in [3.05, 3.63) is 23.8 Å².